The molecular formula is C51H56F2N6O17P2Se2. The molecule has 6 aromatic rings. The number of aliphatic hydroxyl groups excluding tert-OH is 1. The summed E-state index contributed by atoms with van der Waals surface area (Å²) in [7, 11) is 3.09. The first-order chi connectivity index (χ1) is 38.1. The van der Waals surface area contributed by atoms with E-state index < -0.39 is 120 Å². The Bertz CT molecular complexity index is 3630. The third-order valence-corrected chi connectivity index (χ3v) is 18.3. The number of aliphatic hydroxyl groups is 1. The van der Waals surface area contributed by atoms with Crippen molar-refractivity contribution in [2.45, 2.75) is 101 Å². The Morgan fingerprint density at radius 2 is 0.925 bits per heavy atom. The van der Waals surface area contributed by atoms with E-state index in [0.717, 1.165) is 9.13 Å². The number of benzene rings is 3. The van der Waals surface area contributed by atoms with Gasteiger partial charge in [0.05, 0.1) is 14.2 Å². The minimum absolute atomic E-state index is 0.102. The van der Waals surface area contributed by atoms with E-state index in [2.05, 4.69) is 45.1 Å². The number of rotatable bonds is 21. The molecule has 428 valence electrons. The summed E-state index contributed by atoms with van der Waals surface area (Å²) in [5.41, 5.74) is -3.08. The number of aryl methyl sites for hydroxylation is 3. The van der Waals surface area contributed by atoms with Gasteiger partial charge in [-0.25, -0.2) is 0 Å². The molecule has 0 bridgehead atoms. The molecule has 80 heavy (non-hydrogen) atoms. The molecule has 3 aromatic heterocycles. The summed E-state index contributed by atoms with van der Waals surface area (Å²) in [6.07, 6.45) is -16.7. The number of halogens is 2. The van der Waals surface area contributed by atoms with Crippen LogP contribution >= 0.6 is 12.5 Å². The van der Waals surface area contributed by atoms with Crippen LogP contribution in [0.4, 0.5) is 8.39 Å². The summed E-state index contributed by atoms with van der Waals surface area (Å²) in [6.45, 7) is 2.89. The summed E-state index contributed by atoms with van der Waals surface area (Å²) >= 11 is 4.67. The summed E-state index contributed by atoms with van der Waals surface area (Å²) < 4.78 is 97.4. The monoisotopic (exact) mass is 1280 g/mol. The zero-order chi connectivity index (χ0) is 57.3. The van der Waals surface area contributed by atoms with Crippen molar-refractivity contribution in [1.82, 2.24) is 28.7 Å². The van der Waals surface area contributed by atoms with Crippen molar-refractivity contribution in [2.75, 3.05) is 34.0 Å². The number of ether oxygens (including phenoxy) is 6. The standard InChI is InChI=1S/C51H56F2N6O17P2Se2/c1-28-22-57(48(64)54-45(28)61)42-19-36(60)39(72-42)26-70-77(52,79)76-38-21-44(59-24-30(3)47(63)56-50(59)66)74-41(38)27-71-78(53,80)75-37-20-43(58-23-29(2)46(62)55-49(58)65)73-40(37)25-69-51(31-9-7-6-8-10-31,32-11-15-34(67-4)16-12-32)33-13-17-35(68-5)18-14-33/h6-18,22-24,36-44,60H,19-21,25-27H2,1-5H3,(H,54,61,64)(H,55,62,65)(H,56,63,66)/t36-,37-,38-,39+,40+,41+,42+,43+,44+,77?,78?/m0/s1. The number of aromatic amines is 3. The van der Waals surface area contributed by atoms with Gasteiger partial charge in [0.2, 0.25) is 0 Å². The van der Waals surface area contributed by atoms with E-state index in [4.69, 9.17) is 46.5 Å². The molecule has 0 amide bonds. The number of methoxy groups -OCH3 is 2. The summed E-state index contributed by atoms with van der Waals surface area (Å²) in [5.74, 6) is 1.16. The fourth-order valence-corrected chi connectivity index (χ4v) is 13.7. The van der Waals surface area contributed by atoms with Crippen molar-refractivity contribution in [3.8, 4) is 11.5 Å². The SMILES string of the molecule is COc1ccc(C(OC[C@H]2O[C@@H](n3cc(C)c(=O)[nH]c3=O)C[C@@H]2OP(F)(=[Se])OC[C@H]2O[C@@H](n3cc(C)c(=O)[nH]c3=O)C[C@@H]2OP(F)(=[Se])OC[C@H]2O[C@@H](n3cc(C)c(=O)[nH]c3=O)C[C@@H]2O)(c2ccccc2)c2ccc(OC)cc2)cc1. The van der Waals surface area contributed by atoms with Gasteiger partial charge in [0.1, 0.15) is 0 Å². The van der Waals surface area contributed by atoms with Crippen LogP contribution < -0.4 is 43.2 Å². The van der Waals surface area contributed by atoms with E-state index >= 15 is 8.39 Å². The number of hydrogen-bond acceptors (Lipinski definition) is 17. The molecule has 29 heteroatoms. The van der Waals surface area contributed by atoms with E-state index in [1.807, 2.05) is 54.6 Å². The maximum atomic E-state index is 17.3. The van der Waals surface area contributed by atoms with Crippen LogP contribution in [0.5, 0.6) is 11.5 Å². The van der Waals surface area contributed by atoms with Crippen LogP contribution in [-0.4, -0.2) is 135 Å². The molecular weight excluding hydrogens is 1230 g/mol. The Hall–Kier alpha value is -5.30. The van der Waals surface area contributed by atoms with E-state index in [-0.39, 0.29) is 42.6 Å². The molecule has 2 unspecified atom stereocenters. The Kier molecular flexibility index (Phi) is 18.3. The van der Waals surface area contributed by atoms with Crippen molar-refractivity contribution in [3.63, 3.8) is 0 Å². The molecule has 6 heterocycles. The Morgan fingerprint density at radius 1 is 0.562 bits per heavy atom. The van der Waals surface area contributed by atoms with Crippen molar-refractivity contribution in [1.29, 1.82) is 0 Å². The van der Waals surface area contributed by atoms with Crippen LogP contribution in [0.2, 0.25) is 0 Å². The number of H-pyrrole nitrogens is 3. The van der Waals surface area contributed by atoms with Gasteiger partial charge in [0.15, 0.2) is 0 Å². The van der Waals surface area contributed by atoms with Gasteiger partial charge in [-0.1, -0.05) is 0 Å². The van der Waals surface area contributed by atoms with Gasteiger partial charge in [-0.3, -0.25) is 0 Å². The number of nitrogens with one attached hydrogen (secondary N) is 3. The van der Waals surface area contributed by atoms with Gasteiger partial charge in [0, 0.05) is 0 Å². The van der Waals surface area contributed by atoms with Gasteiger partial charge in [0.25, 0.3) is 0 Å². The third kappa shape index (κ3) is 13.1. The second-order valence-electron chi connectivity index (χ2n) is 19.2. The molecule has 4 N–H and O–H groups in total. The van der Waals surface area contributed by atoms with Crippen molar-refractivity contribution in [2.24, 2.45) is 0 Å². The molecule has 0 aliphatic carbocycles. The predicted octanol–water partition coefficient (Wildman–Crippen LogP) is 4.25. The van der Waals surface area contributed by atoms with E-state index in [1.165, 1.54) is 43.9 Å². The average Bonchev–Trinajstić information content (AvgIpc) is 4.18. The van der Waals surface area contributed by atoms with E-state index in [9.17, 15) is 33.9 Å². The molecule has 23 nitrogen and oxygen atoms in total. The Labute approximate surface area is 469 Å². The first-order valence-electron chi connectivity index (χ1n) is 24.9. The molecule has 11 atom stereocenters. The van der Waals surface area contributed by atoms with Crippen LogP contribution in [0.15, 0.2) is 126 Å². The van der Waals surface area contributed by atoms with E-state index in [0.29, 0.717) is 28.2 Å². The first-order valence-corrected chi connectivity index (χ1v) is 32.4. The molecule has 3 aliphatic heterocycles. The van der Waals surface area contributed by atoms with Gasteiger partial charge < -0.3 is 0 Å². The first kappa shape index (κ1) is 59.3. The fraction of sp³-hybridized carbons (Fsp3) is 0.412. The molecule has 3 fully saturated rings. The quantitative estimate of drug-likeness (QED) is 0.0445. The van der Waals surface area contributed by atoms with Crippen LogP contribution in [0.25, 0.3) is 0 Å². The van der Waals surface area contributed by atoms with Crippen LogP contribution in [-0.2, 0) is 42.6 Å². The van der Waals surface area contributed by atoms with Crippen LogP contribution in [0, 0.1) is 20.8 Å². The van der Waals surface area contributed by atoms with Gasteiger partial charge >= 0.3 is 457 Å². The topological polar surface area (TPSA) is 277 Å². The van der Waals surface area contributed by atoms with Gasteiger partial charge in [-0.15, -0.1) is 0 Å². The second-order valence-corrected chi connectivity index (χ2v) is 27.3. The number of hydrogen-bond donors (Lipinski definition) is 4. The zero-order valence-corrected chi connectivity index (χ0v) is 48.7. The Morgan fingerprint density at radius 3 is 1.34 bits per heavy atom. The molecule has 3 aliphatic rings. The molecule has 3 aromatic carbocycles. The Balaban J connectivity index is 0.973. The fourth-order valence-electron chi connectivity index (χ4n) is 9.69. The summed E-state index contributed by atoms with van der Waals surface area (Å²) in [6, 6.07) is 23.9. The van der Waals surface area contributed by atoms with Crippen molar-refractivity contribution < 1.29 is 60.0 Å². The maximum absolute atomic E-state index is 17.3. The van der Waals surface area contributed by atoms with Gasteiger partial charge in [-0.05, 0) is 0 Å². The molecule has 0 saturated carbocycles. The van der Waals surface area contributed by atoms with Crippen LogP contribution in [0.3, 0.4) is 0 Å². The minimum atomic E-state index is -4.65. The average molecular weight is 1280 g/mol. The second kappa shape index (κ2) is 24.7. The zero-order valence-electron chi connectivity index (χ0n) is 43.5. The molecule has 3 saturated heterocycles. The normalized spacial score (nSPS) is 24.6. The van der Waals surface area contributed by atoms with Crippen molar-refractivity contribution >= 4 is 42.7 Å². The summed E-state index contributed by atoms with van der Waals surface area (Å²) in [5, 5.41) is 10.9. The third-order valence-electron chi connectivity index (χ3n) is 13.9. The number of aromatic nitrogens is 6. The van der Waals surface area contributed by atoms with Crippen LogP contribution in [0.1, 0.15) is 71.3 Å². The predicted molar refractivity (Wildman–Crippen MR) is 287 cm³/mol. The molecule has 9 rings (SSSR count). The molecule has 0 spiro atoms. The van der Waals surface area contributed by atoms with E-state index in [1.54, 1.807) is 38.5 Å². The number of nitrogens with zero attached hydrogens (tertiary/aromatic N) is 3. The van der Waals surface area contributed by atoms with Gasteiger partial charge in [-0.2, -0.15) is 0 Å². The summed E-state index contributed by atoms with van der Waals surface area (Å²) in [4.78, 5) is 82.4. The van der Waals surface area contributed by atoms with Crippen molar-refractivity contribution in [3.05, 3.63) is 193 Å². The molecule has 0 radical (unpaired) electrons.